The molecule has 2 fully saturated rings. The molecule has 2 aromatic rings. The molecule has 1 aliphatic heterocycles. The van der Waals surface area contributed by atoms with Crippen molar-refractivity contribution in [1.82, 2.24) is 4.90 Å². The van der Waals surface area contributed by atoms with E-state index in [4.69, 9.17) is 21.1 Å². The van der Waals surface area contributed by atoms with E-state index in [1.165, 1.54) is 6.07 Å². The summed E-state index contributed by atoms with van der Waals surface area (Å²) in [4.78, 5) is 50.5. The minimum absolute atomic E-state index is 0.307. The second-order valence-corrected chi connectivity index (χ2v) is 8.46. The van der Waals surface area contributed by atoms with E-state index in [-0.39, 0.29) is 23.7 Å². The van der Waals surface area contributed by atoms with Crippen LogP contribution in [0.25, 0.3) is 0 Å². The summed E-state index contributed by atoms with van der Waals surface area (Å²) in [6, 6.07) is 13.8. The predicted octanol–water partition coefficient (Wildman–Crippen LogP) is 3.79. The zero-order chi connectivity index (χ0) is 23.4. The Kier molecular flexibility index (Phi) is 6.93. The highest BCUT2D eigenvalue weighted by atomic mass is 35.5. The third kappa shape index (κ3) is 5.34. The van der Waals surface area contributed by atoms with E-state index in [2.05, 4.69) is 5.32 Å². The van der Waals surface area contributed by atoms with Gasteiger partial charge in [-0.25, -0.2) is 0 Å². The van der Waals surface area contributed by atoms with Crippen molar-refractivity contribution in [2.45, 2.75) is 25.7 Å². The molecule has 1 saturated carbocycles. The number of hydrogen-bond acceptors (Lipinski definition) is 6. The third-order valence-electron chi connectivity index (χ3n) is 5.77. The maximum Gasteiger partial charge on any atom is 0.326 e. The van der Waals surface area contributed by atoms with E-state index in [1.807, 2.05) is 18.2 Å². The predicted molar refractivity (Wildman–Crippen MR) is 120 cm³/mol. The SMILES string of the molecule is O=C(COC(=O)CN1C(=O)[C@H]2CCCC[C@@H]2C1=O)Nc1cc(Cl)ccc1Oc1ccccc1. The summed E-state index contributed by atoms with van der Waals surface area (Å²) in [7, 11) is 0. The van der Waals surface area contributed by atoms with Crippen molar-refractivity contribution >= 4 is 41.0 Å². The van der Waals surface area contributed by atoms with Crippen LogP contribution in [-0.2, 0) is 23.9 Å². The van der Waals surface area contributed by atoms with E-state index in [1.54, 1.807) is 24.3 Å². The lowest BCUT2D eigenvalue weighted by molar-refractivity contribution is -0.154. The summed E-state index contributed by atoms with van der Waals surface area (Å²) in [6.07, 6.45) is 3.13. The van der Waals surface area contributed by atoms with Gasteiger partial charge in [-0.05, 0) is 43.2 Å². The van der Waals surface area contributed by atoms with Gasteiger partial charge in [-0.15, -0.1) is 0 Å². The van der Waals surface area contributed by atoms with Gasteiger partial charge in [-0.3, -0.25) is 24.1 Å². The number of para-hydroxylation sites is 1. The number of rotatable bonds is 7. The summed E-state index contributed by atoms with van der Waals surface area (Å²) < 4.78 is 10.8. The highest BCUT2D eigenvalue weighted by Gasteiger charge is 2.48. The Bertz CT molecular complexity index is 1050. The molecule has 0 aromatic heterocycles. The summed E-state index contributed by atoms with van der Waals surface area (Å²) >= 11 is 6.04. The average Bonchev–Trinajstić information content (AvgIpc) is 3.05. The fourth-order valence-electron chi connectivity index (χ4n) is 4.20. The van der Waals surface area contributed by atoms with Crippen LogP contribution in [0.15, 0.2) is 48.5 Å². The van der Waals surface area contributed by atoms with Gasteiger partial charge >= 0.3 is 5.97 Å². The zero-order valence-electron chi connectivity index (χ0n) is 17.8. The summed E-state index contributed by atoms with van der Waals surface area (Å²) in [5.74, 6) is -1.83. The van der Waals surface area contributed by atoms with Crippen LogP contribution in [0.4, 0.5) is 5.69 Å². The van der Waals surface area contributed by atoms with Crippen molar-refractivity contribution in [2.24, 2.45) is 11.8 Å². The first-order chi connectivity index (χ1) is 15.9. The van der Waals surface area contributed by atoms with Gasteiger partial charge in [-0.1, -0.05) is 42.6 Å². The second-order valence-electron chi connectivity index (χ2n) is 8.02. The van der Waals surface area contributed by atoms with Gasteiger partial charge in [0.2, 0.25) is 11.8 Å². The molecule has 1 N–H and O–H groups in total. The molecule has 2 aromatic carbocycles. The second kappa shape index (κ2) is 10.0. The number of carbonyl (C=O) groups excluding carboxylic acids is 4. The maximum absolute atomic E-state index is 12.5. The number of benzene rings is 2. The van der Waals surface area contributed by atoms with Crippen molar-refractivity contribution < 1.29 is 28.7 Å². The van der Waals surface area contributed by atoms with Crippen LogP contribution in [0, 0.1) is 11.8 Å². The Morgan fingerprint density at radius 3 is 2.33 bits per heavy atom. The number of carbonyl (C=O) groups is 4. The lowest BCUT2D eigenvalue weighted by Gasteiger charge is -2.19. The molecule has 8 nitrogen and oxygen atoms in total. The minimum atomic E-state index is -0.822. The number of likely N-dealkylation sites (tertiary alicyclic amines) is 1. The number of anilines is 1. The Balaban J connectivity index is 1.32. The van der Waals surface area contributed by atoms with Crippen LogP contribution >= 0.6 is 11.6 Å². The summed E-state index contributed by atoms with van der Waals surface area (Å²) in [5, 5.41) is 2.99. The van der Waals surface area contributed by atoms with Crippen molar-refractivity contribution in [3.05, 3.63) is 53.6 Å². The van der Waals surface area contributed by atoms with Gasteiger partial charge in [0.05, 0.1) is 17.5 Å². The highest BCUT2D eigenvalue weighted by Crippen LogP contribution is 2.38. The fraction of sp³-hybridized carbons (Fsp3) is 0.333. The highest BCUT2D eigenvalue weighted by molar-refractivity contribution is 6.31. The largest absolute Gasteiger partial charge is 0.455 e. The Hall–Kier alpha value is -3.39. The van der Waals surface area contributed by atoms with Crippen molar-refractivity contribution in [3.63, 3.8) is 0 Å². The molecule has 1 heterocycles. The quantitative estimate of drug-likeness (QED) is 0.488. The molecule has 1 saturated heterocycles. The van der Waals surface area contributed by atoms with Crippen LogP contribution in [-0.4, -0.2) is 41.7 Å². The number of ether oxygens (including phenoxy) is 2. The standard InChI is InChI=1S/C24H23ClN2O6/c25-15-10-11-20(33-16-6-2-1-3-7-16)19(12-15)26-21(28)14-32-22(29)13-27-23(30)17-8-4-5-9-18(17)24(27)31/h1-3,6-7,10-12,17-18H,4-5,8-9,13-14H2,(H,26,28)/t17-,18-/m0/s1. The van der Waals surface area contributed by atoms with Gasteiger partial charge < -0.3 is 14.8 Å². The van der Waals surface area contributed by atoms with Gasteiger partial charge in [0.1, 0.15) is 12.3 Å². The number of halogens is 1. The Morgan fingerprint density at radius 1 is 1.00 bits per heavy atom. The molecule has 0 spiro atoms. The molecule has 4 rings (SSSR count). The molecule has 3 amide bonds. The molecule has 1 aliphatic carbocycles. The normalized spacial score (nSPS) is 19.7. The molecule has 0 radical (unpaired) electrons. The fourth-order valence-corrected chi connectivity index (χ4v) is 4.37. The first-order valence-electron chi connectivity index (χ1n) is 10.8. The molecular formula is C24H23ClN2O6. The van der Waals surface area contributed by atoms with E-state index in [9.17, 15) is 19.2 Å². The number of imide groups is 1. The lowest BCUT2D eigenvalue weighted by Crippen LogP contribution is -2.37. The number of nitrogens with one attached hydrogen (secondary N) is 1. The number of nitrogens with zero attached hydrogens (tertiary/aromatic N) is 1. The van der Waals surface area contributed by atoms with E-state index < -0.39 is 25.0 Å². The van der Waals surface area contributed by atoms with Crippen LogP contribution in [0.3, 0.4) is 0 Å². The number of hydrogen-bond donors (Lipinski definition) is 1. The molecular weight excluding hydrogens is 448 g/mol. The molecule has 0 unspecified atom stereocenters. The van der Waals surface area contributed by atoms with Gasteiger partial charge in [0.25, 0.3) is 5.91 Å². The molecule has 33 heavy (non-hydrogen) atoms. The molecule has 9 heteroatoms. The number of fused-ring (bicyclic) bond motifs is 1. The lowest BCUT2D eigenvalue weighted by atomic mass is 9.81. The zero-order valence-corrected chi connectivity index (χ0v) is 18.5. The number of amides is 3. The molecule has 2 aliphatic rings. The maximum atomic E-state index is 12.5. The molecule has 0 bridgehead atoms. The minimum Gasteiger partial charge on any atom is -0.455 e. The molecule has 172 valence electrons. The van der Waals surface area contributed by atoms with Crippen molar-refractivity contribution in [3.8, 4) is 11.5 Å². The van der Waals surface area contributed by atoms with Gasteiger partial charge in [0.15, 0.2) is 12.4 Å². The summed E-state index contributed by atoms with van der Waals surface area (Å²) in [5.41, 5.74) is 0.307. The molecule has 2 atom stereocenters. The third-order valence-corrected chi connectivity index (χ3v) is 6.01. The number of esters is 1. The van der Waals surface area contributed by atoms with Crippen LogP contribution in [0.2, 0.25) is 5.02 Å². The van der Waals surface area contributed by atoms with Gasteiger partial charge in [-0.2, -0.15) is 0 Å². The Labute approximate surface area is 195 Å². The van der Waals surface area contributed by atoms with E-state index >= 15 is 0 Å². The monoisotopic (exact) mass is 470 g/mol. The van der Waals surface area contributed by atoms with Gasteiger partial charge in [0, 0.05) is 5.02 Å². The van der Waals surface area contributed by atoms with Crippen molar-refractivity contribution in [2.75, 3.05) is 18.5 Å². The van der Waals surface area contributed by atoms with Crippen molar-refractivity contribution in [1.29, 1.82) is 0 Å². The average molecular weight is 471 g/mol. The topological polar surface area (TPSA) is 102 Å². The van der Waals surface area contributed by atoms with E-state index in [0.717, 1.165) is 17.7 Å². The van der Waals surface area contributed by atoms with E-state index in [0.29, 0.717) is 35.1 Å². The van der Waals surface area contributed by atoms with Crippen LogP contribution in [0.1, 0.15) is 25.7 Å². The van der Waals surface area contributed by atoms with Crippen LogP contribution in [0.5, 0.6) is 11.5 Å². The first-order valence-corrected chi connectivity index (χ1v) is 11.1. The first kappa shape index (κ1) is 22.8. The van der Waals surface area contributed by atoms with Crippen LogP contribution < -0.4 is 10.1 Å². The Morgan fingerprint density at radius 2 is 1.67 bits per heavy atom. The smallest absolute Gasteiger partial charge is 0.326 e. The summed E-state index contributed by atoms with van der Waals surface area (Å²) in [6.45, 7) is -1.07.